The first-order valence-electron chi connectivity index (χ1n) is 8.76. The molecule has 0 radical (unpaired) electrons. The Morgan fingerprint density at radius 2 is 1.46 bits per heavy atom. The number of carbonyl (C=O) groups is 2. The zero-order valence-electron chi connectivity index (χ0n) is 14.8. The second kappa shape index (κ2) is 8.05. The fraction of sp³-hybridized carbons (Fsp3) is 0.0435. The molecular formula is C23H16ClNO2S. The fourth-order valence-electron chi connectivity index (χ4n) is 3.08. The van der Waals surface area contributed by atoms with E-state index in [1.54, 1.807) is 24.3 Å². The third-order valence-corrected chi connectivity index (χ3v) is 5.78. The molecule has 0 atom stereocenters. The second-order valence-corrected chi connectivity index (χ2v) is 7.69. The minimum absolute atomic E-state index is 0.313. The van der Waals surface area contributed by atoms with Crippen LogP contribution in [0.4, 0.5) is 5.69 Å². The van der Waals surface area contributed by atoms with E-state index in [4.69, 9.17) is 11.6 Å². The number of hydrogen-bond donors (Lipinski definition) is 0. The van der Waals surface area contributed by atoms with Crippen molar-refractivity contribution in [2.75, 3.05) is 4.90 Å². The molecule has 0 N–H and O–H groups in total. The first-order valence-corrected chi connectivity index (χ1v) is 10.1. The first-order chi connectivity index (χ1) is 13.6. The normalized spacial score (nSPS) is 14.1. The highest BCUT2D eigenvalue weighted by Crippen LogP contribution is 2.39. The Morgan fingerprint density at radius 3 is 2.14 bits per heavy atom. The molecule has 2 amide bonds. The van der Waals surface area contributed by atoms with Gasteiger partial charge >= 0.3 is 0 Å². The van der Waals surface area contributed by atoms with Crippen molar-refractivity contribution >= 4 is 46.4 Å². The average Bonchev–Trinajstić information content (AvgIpc) is 2.97. The van der Waals surface area contributed by atoms with Crippen LogP contribution in [0.2, 0.25) is 5.02 Å². The highest BCUT2D eigenvalue weighted by atomic mass is 35.5. The maximum absolute atomic E-state index is 13.2. The number of hydrogen-bond acceptors (Lipinski definition) is 3. The van der Waals surface area contributed by atoms with E-state index in [9.17, 15) is 9.59 Å². The summed E-state index contributed by atoms with van der Waals surface area (Å²) in [7, 11) is 0. The Balaban J connectivity index is 1.74. The van der Waals surface area contributed by atoms with E-state index in [0.717, 1.165) is 11.1 Å². The lowest BCUT2D eigenvalue weighted by molar-refractivity contribution is -0.119. The third kappa shape index (κ3) is 3.61. The summed E-state index contributed by atoms with van der Waals surface area (Å²) in [6, 6.07) is 26.0. The zero-order chi connectivity index (χ0) is 19.5. The Bertz CT molecular complexity index is 1060. The molecular weight excluding hydrogens is 390 g/mol. The van der Waals surface area contributed by atoms with E-state index >= 15 is 0 Å². The molecule has 4 rings (SSSR count). The topological polar surface area (TPSA) is 37.4 Å². The van der Waals surface area contributed by atoms with Gasteiger partial charge in [-0.15, -0.1) is 11.8 Å². The Labute approximate surface area is 172 Å². The van der Waals surface area contributed by atoms with Crippen molar-refractivity contribution in [1.82, 2.24) is 0 Å². The molecule has 1 heterocycles. The van der Waals surface area contributed by atoms with E-state index in [1.165, 1.54) is 16.7 Å². The van der Waals surface area contributed by atoms with Gasteiger partial charge < -0.3 is 0 Å². The number of imide groups is 1. The minimum atomic E-state index is -0.325. The van der Waals surface area contributed by atoms with Gasteiger partial charge in [0, 0.05) is 10.8 Å². The van der Waals surface area contributed by atoms with Crippen LogP contribution >= 0.6 is 23.4 Å². The monoisotopic (exact) mass is 405 g/mol. The van der Waals surface area contributed by atoms with Crippen LogP contribution in [0.1, 0.15) is 11.1 Å². The van der Waals surface area contributed by atoms with Gasteiger partial charge in [-0.1, -0.05) is 78.3 Å². The SMILES string of the molecule is O=C1C(SCc2ccccc2)=C(c2ccccc2)C(=O)N1c1cccc(Cl)c1. The van der Waals surface area contributed by atoms with E-state index in [-0.39, 0.29) is 11.8 Å². The number of nitrogens with zero attached hydrogens (tertiary/aromatic N) is 1. The van der Waals surface area contributed by atoms with Crippen LogP contribution in [0, 0.1) is 0 Å². The van der Waals surface area contributed by atoms with Crippen molar-refractivity contribution in [1.29, 1.82) is 0 Å². The van der Waals surface area contributed by atoms with Crippen molar-refractivity contribution in [3.63, 3.8) is 0 Å². The average molecular weight is 406 g/mol. The van der Waals surface area contributed by atoms with Gasteiger partial charge in [0.05, 0.1) is 16.2 Å². The van der Waals surface area contributed by atoms with Gasteiger partial charge in [-0.25, -0.2) is 4.90 Å². The number of halogens is 1. The molecule has 0 bridgehead atoms. The van der Waals surface area contributed by atoms with Crippen LogP contribution in [0.3, 0.4) is 0 Å². The molecule has 3 aromatic carbocycles. The van der Waals surface area contributed by atoms with Crippen molar-refractivity contribution in [2.24, 2.45) is 0 Å². The first kappa shape index (κ1) is 18.5. The van der Waals surface area contributed by atoms with Crippen molar-refractivity contribution < 1.29 is 9.59 Å². The molecule has 0 unspecified atom stereocenters. The van der Waals surface area contributed by atoms with Crippen LogP contribution in [-0.4, -0.2) is 11.8 Å². The summed E-state index contributed by atoms with van der Waals surface area (Å²) in [4.78, 5) is 28.1. The predicted octanol–water partition coefficient (Wildman–Crippen LogP) is 5.56. The fourth-order valence-corrected chi connectivity index (χ4v) is 4.33. The van der Waals surface area contributed by atoms with Crippen molar-refractivity contribution in [3.8, 4) is 0 Å². The molecule has 1 aliphatic heterocycles. The van der Waals surface area contributed by atoms with Crippen LogP contribution < -0.4 is 4.90 Å². The Hall–Kier alpha value is -2.82. The van der Waals surface area contributed by atoms with E-state index in [1.807, 2.05) is 60.7 Å². The zero-order valence-corrected chi connectivity index (χ0v) is 16.4. The van der Waals surface area contributed by atoms with Gasteiger partial charge in [0.25, 0.3) is 11.8 Å². The number of amides is 2. The van der Waals surface area contributed by atoms with E-state index in [0.29, 0.717) is 26.9 Å². The number of thioether (sulfide) groups is 1. The largest absolute Gasteiger partial charge is 0.272 e. The predicted molar refractivity (Wildman–Crippen MR) is 115 cm³/mol. The lowest BCUT2D eigenvalue weighted by Crippen LogP contribution is -2.31. The highest BCUT2D eigenvalue weighted by molar-refractivity contribution is 8.03. The van der Waals surface area contributed by atoms with Crippen LogP contribution in [0.5, 0.6) is 0 Å². The Kier molecular flexibility index (Phi) is 5.33. The standard InChI is InChI=1S/C23H16ClNO2S/c24-18-12-7-13-19(14-18)25-22(26)20(17-10-5-2-6-11-17)21(23(25)27)28-15-16-8-3-1-4-9-16/h1-14H,15H2. The molecule has 138 valence electrons. The molecule has 5 heteroatoms. The molecule has 0 spiro atoms. The van der Waals surface area contributed by atoms with Gasteiger partial charge in [-0.05, 0) is 29.3 Å². The number of anilines is 1. The van der Waals surface area contributed by atoms with E-state index < -0.39 is 0 Å². The summed E-state index contributed by atoms with van der Waals surface area (Å²) in [5, 5.41) is 0.477. The highest BCUT2D eigenvalue weighted by Gasteiger charge is 2.40. The summed E-state index contributed by atoms with van der Waals surface area (Å²) in [6.07, 6.45) is 0. The summed E-state index contributed by atoms with van der Waals surface area (Å²) in [6.45, 7) is 0. The molecule has 3 aromatic rings. The quantitative estimate of drug-likeness (QED) is 0.521. The molecule has 28 heavy (non-hydrogen) atoms. The lowest BCUT2D eigenvalue weighted by atomic mass is 10.1. The van der Waals surface area contributed by atoms with Crippen molar-refractivity contribution in [2.45, 2.75) is 5.75 Å². The van der Waals surface area contributed by atoms with Crippen molar-refractivity contribution in [3.05, 3.63) is 106 Å². The van der Waals surface area contributed by atoms with Crippen LogP contribution in [0.15, 0.2) is 89.8 Å². The van der Waals surface area contributed by atoms with Gasteiger partial charge in [-0.2, -0.15) is 0 Å². The number of rotatable bonds is 5. The summed E-state index contributed by atoms with van der Waals surface area (Å²) < 4.78 is 0. The second-order valence-electron chi connectivity index (χ2n) is 6.27. The summed E-state index contributed by atoms with van der Waals surface area (Å²) in [5.41, 5.74) is 2.74. The maximum Gasteiger partial charge on any atom is 0.272 e. The van der Waals surface area contributed by atoms with Gasteiger partial charge in [-0.3, -0.25) is 9.59 Å². The molecule has 0 aliphatic carbocycles. The molecule has 0 fully saturated rings. The molecule has 0 aromatic heterocycles. The minimum Gasteiger partial charge on any atom is -0.268 e. The summed E-state index contributed by atoms with van der Waals surface area (Å²) >= 11 is 7.47. The number of benzene rings is 3. The smallest absolute Gasteiger partial charge is 0.268 e. The maximum atomic E-state index is 13.2. The molecule has 0 saturated heterocycles. The third-order valence-electron chi connectivity index (χ3n) is 4.40. The van der Waals surface area contributed by atoms with Gasteiger partial charge in [0.15, 0.2) is 0 Å². The van der Waals surface area contributed by atoms with Crippen LogP contribution in [0.25, 0.3) is 5.57 Å². The molecule has 1 aliphatic rings. The molecule has 0 saturated carbocycles. The molecule has 3 nitrogen and oxygen atoms in total. The van der Waals surface area contributed by atoms with Gasteiger partial charge in [0.1, 0.15) is 0 Å². The lowest BCUT2D eigenvalue weighted by Gasteiger charge is -2.15. The van der Waals surface area contributed by atoms with Gasteiger partial charge in [0.2, 0.25) is 0 Å². The van der Waals surface area contributed by atoms with E-state index in [2.05, 4.69) is 0 Å². The number of carbonyl (C=O) groups excluding carboxylic acids is 2. The summed E-state index contributed by atoms with van der Waals surface area (Å²) in [5.74, 6) is -0.0318. The Morgan fingerprint density at radius 1 is 0.786 bits per heavy atom. The van der Waals surface area contributed by atoms with Crippen LogP contribution in [-0.2, 0) is 15.3 Å².